The molecule has 0 spiro atoms. The lowest BCUT2D eigenvalue weighted by atomic mass is 10.1. The van der Waals surface area contributed by atoms with Gasteiger partial charge in [-0.2, -0.15) is 0 Å². The van der Waals surface area contributed by atoms with Gasteiger partial charge in [0, 0.05) is 32.7 Å². The number of rotatable bonds is 9. The van der Waals surface area contributed by atoms with Crippen molar-refractivity contribution in [3.63, 3.8) is 0 Å². The Labute approximate surface area is 224 Å². The van der Waals surface area contributed by atoms with Gasteiger partial charge in [-0.25, -0.2) is 9.59 Å². The second-order valence-corrected chi connectivity index (χ2v) is 9.32. The van der Waals surface area contributed by atoms with E-state index in [0.29, 0.717) is 50.6 Å². The molecule has 1 fully saturated rings. The topological polar surface area (TPSA) is 80.3 Å². The van der Waals surface area contributed by atoms with Crippen LogP contribution in [0.2, 0.25) is 0 Å². The number of anilines is 1. The second-order valence-electron chi connectivity index (χ2n) is 9.32. The molecule has 1 aliphatic rings. The lowest BCUT2D eigenvalue weighted by Gasteiger charge is -2.36. The molecule has 1 saturated heterocycles. The fourth-order valence-electron chi connectivity index (χ4n) is 4.42. The SMILES string of the molecule is COC(=O)c1ccccc1NC(=O)N1CCN(C[C@H](OCc2ccc(C)cc2)c2cccc(OC)c2)CC1. The van der Waals surface area contributed by atoms with Crippen molar-refractivity contribution in [2.75, 3.05) is 52.3 Å². The first-order valence-electron chi connectivity index (χ1n) is 12.7. The first-order valence-corrected chi connectivity index (χ1v) is 12.7. The molecular weight excluding hydrogens is 482 g/mol. The van der Waals surface area contributed by atoms with Gasteiger partial charge in [0.15, 0.2) is 0 Å². The number of urea groups is 1. The summed E-state index contributed by atoms with van der Waals surface area (Å²) >= 11 is 0. The summed E-state index contributed by atoms with van der Waals surface area (Å²) in [6.45, 7) is 5.82. The number of hydrogen-bond donors (Lipinski definition) is 1. The van der Waals surface area contributed by atoms with E-state index >= 15 is 0 Å². The van der Waals surface area contributed by atoms with Crippen molar-refractivity contribution in [2.24, 2.45) is 0 Å². The maximum atomic E-state index is 12.9. The molecule has 2 amide bonds. The minimum atomic E-state index is -0.486. The molecular formula is C30H35N3O5. The first-order chi connectivity index (χ1) is 18.5. The molecule has 0 unspecified atom stereocenters. The fraction of sp³-hybridized carbons (Fsp3) is 0.333. The number of nitrogens with zero attached hydrogens (tertiary/aromatic N) is 2. The quantitative estimate of drug-likeness (QED) is 0.407. The van der Waals surface area contributed by atoms with Crippen molar-refractivity contribution in [2.45, 2.75) is 19.6 Å². The fourth-order valence-corrected chi connectivity index (χ4v) is 4.42. The van der Waals surface area contributed by atoms with Gasteiger partial charge >= 0.3 is 12.0 Å². The maximum Gasteiger partial charge on any atom is 0.339 e. The second kappa shape index (κ2) is 13.1. The average Bonchev–Trinajstić information content (AvgIpc) is 2.96. The predicted molar refractivity (Wildman–Crippen MR) is 147 cm³/mol. The molecule has 1 N–H and O–H groups in total. The molecule has 200 valence electrons. The van der Waals surface area contributed by atoms with E-state index in [1.54, 1.807) is 36.3 Å². The number of methoxy groups -OCH3 is 2. The van der Waals surface area contributed by atoms with Crippen LogP contribution < -0.4 is 10.1 Å². The van der Waals surface area contributed by atoms with Crippen LogP contribution in [0.15, 0.2) is 72.8 Å². The summed E-state index contributed by atoms with van der Waals surface area (Å²) in [6, 6.07) is 22.9. The largest absolute Gasteiger partial charge is 0.497 e. The molecule has 3 aromatic rings. The van der Waals surface area contributed by atoms with E-state index < -0.39 is 5.97 Å². The zero-order chi connectivity index (χ0) is 26.9. The summed E-state index contributed by atoms with van der Waals surface area (Å²) in [6.07, 6.45) is -0.154. The van der Waals surface area contributed by atoms with Crippen LogP contribution in [0.5, 0.6) is 5.75 Å². The van der Waals surface area contributed by atoms with Crippen molar-refractivity contribution in [3.05, 3.63) is 95.1 Å². The van der Waals surface area contributed by atoms with E-state index in [0.717, 1.165) is 16.9 Å². The Balaban J connectivity index is 1.37. The number of amides is 2. The van der Waals surface area contributed by atoms with Crippen molar-refractivity contribution >= 4 is 17.7 Å². The molecule has 38 heavy (non-hydrogen) atoms. The number of ether oxygens (including phenoxy) is 3. The molecule has 0 radical (unpaired) electrons. The van der Waals surface area contributed by atoms with E-state index in [1.807, 2.05) is 18.2 Å². The molecule has 3 aromatic carbocycles. The molecule has 0 aromatic heterocycles. The predicted octanol–water partition coefficient (Wildman–Crippen LogP) is 4.90. The Hall–Kier alpha value is -3.88. The van der Waals surface area contributed by atoms with Gasteiger partial charge in [0.2, 0.25) is 0 Å². The number of para-hydroxylation sites is 1. The monoisotopic (exact) mass is 517 g/mol. The number of aryl methyl sites for hydroxylation is 1. The summed E-state index contributed by atoms with van der Waals surface area (Å²) in [7, 11) is 2.98. The highest BCUT2D eigenvalue weighted by atomic mass is 16.5. The first kappa shape index (κ1) is 27.2. The molecule has 8 heteroatoms. The molecule has 1 aliphatic heterocycles. The summed E-state index contributed by atoms with van der Waals surface area (Å²) in [5, 5.41) is 2.86. The van der Waals surface area contributed by atoms with Crippen LogP contribution in [0, 0.1) is 6.92 Å². The number of carbonyl (C=O) groups is 2. The molecule has 8 nitrogen and oxygen atoms in total. The van der Waals surface area contributed by atoms with Gasteiger partial charge in [-0.1, -0.05) is 54.1 Å². The number of benzene rings is 3. The number of hydrogen-bond acceptors (Lipinski definition) is 6. The number of carbonyl (C=O) groups excluding carboxylic acids is 2. The van der Waals surface area contributed by atoms with Crippen molar-refractivity contribution in [3.8, 4) is 5.75 Å². The molecule has 4 rings (SSSR count). The Kier molecular flexibility index (Phi) is 9.35. The Morgan fingerprint density at radius 1 is 0.921 bits per heavy atom. The molecule has 1 heterocycles. The van der Waals surface area contributed by atoms with E-state index in [9.17, 15) is 9.59 Å². The smallest absolute Gasteiger partial charge is 0.339 e. The molecule has 0 saturated carbocycles. The van der Waals surface area contributed by atoms with Crippen LogP contribution in [-0.2, 0) is 16.1 Å². The third kappa shape index (κ3) is 7.12. The van der Waals surface area contributed by atoms with Gasteiger partial charge < -0.3 is 24.4 Å². The van der Waals surface area contributed by atoms with Gasteiger partial charge in [-0.15, -0.1) is 0 Å². The van der Waals surface area contributed by atoms with Crippen LogP contribution in [-0.4, -0.2) is 68.7 Å². The van der Waals surface area contributed by atoms with E-state index in [1.165, 1.54) is 12.7 Å². The summed E-state index contributed by atoms with van der Waals surface area (Å²) in [5.41, 5.74) is 4.16. The minimum absolute atomic E-state index is 0.154. The lowest BCUT2D eigenvalue weighted by molar-refractivity contribution is 0.00584. The van der Waals surface area contributed by atoms with Gasteiger partial charge in [0.05, 0.1) is 38.2 Å². The zero-order valence-electron chi connectivity index (χ0n) is 22.2. The number of nitrogens with one attached hydrogen (secondary N) is 1. The Morgan fingerprint density at radius 3 is 2.37 bits per heavy atom. The standard InChI is InChI=1S/C30H35N3O5/c1-22-11-13-23(14-12-22)21-38-28(24-7-6-8-25(19-24)36-2)20-32-15-17-33(18-16-32)30(35)31-27-10-5-4-9-26(27)29(34)37-3/h4-14,19,28H,15-18,20-21H2,1-3H3,(H,31,35)/t28-/m0/s1. The van der Waals surface area contributed by atoms with Gasteiger partial charge in [0.1, 0.15) is 5.75 Å². The van der Waals surface area contributed by atoms with Gasteiger partial charge in [-0.05, 0) is 42.3 Å². The van der Waals surface area contributed by atoms with E-state index in [4.69, 9.17) is 14.2 Å². The van der Waals surface area contributed by atoms with Crippen molar-refractivity contribution < 1.29 is 23.8 Å². The number of piperazine rings is 1. The van der Waals surface area contributed by atoms with Crippen LogP contribution in [0.4, 0.5) is 10.5 Å². The van der Waals surface area contributed by atoms with E-state index in [2.05, 4.69) is 47.5 Å². The number of esters is 1. The van der Waals surface area contributed by atoms with Crippen LogP contribution >= 0.6 is 0 Å². The summed E-state index contributed by atoms with van der Waals surface area (Å²) in [4.78, 5) is 29.1. The average molecular weight is 518 g/mol. The highest BCUT2D eigenvalue weighted by Gasteiger charge is 2.25. The maximum absolute atomic E-state index is 12.9. The van der Waals surface area contributed by atoms with Crippen LogP contribution in [0.25, 0.3) is 0 Å². The van der Waals surface area contributed by atoms with E-state index in [-0.39, 0.29) is 12.1 Å². The Bertz CT molecular complexity index is 1220. The highest BCUT2D eigenvalue weighted by Crippen LogP contribution is 2.25. The minimum Gasteiger partial charge on any atom is -0.497 e. The third-order valence-electron chi connectivity index (χ3n) is 6.69. The molecule has 0 aliphatic carbocycles. The normalized spacial score (nSPS) is 14.6. The van der Waals surface area contributed by atoms with Gasteiger partial charge in [-0.3, -0.25) is 4.90 Å². The zero-order valence-corrected chi connectivity index (χ0v) is 22.2. The van der Waals surface area contributed by atoms with Crippen LogP contribution in [0.1, 0.15) is 33.2 Å². The third-order valence-corrected chi connectivity index (χ3v) is 6.69. The highest BCUT2D eigenvalue weighted by molar-refractivity contribution is 6.00. The molecule has 1 atom stereocenters. The van der Waals surface area contributed by atoms with Crippen molar-refractivity contribution in [1.29, 1.82) is 0 Å². The van der Waals surface area contributed by atoms with Crippen molar-refractivity contribution in [1.82, 2.24) is 9.80 Å². The lowest BCUT2D eigenvalue weighted by Crippen LogP contribution is -2.51. The van der Waals surface area contributed by atoms with Crippen LogP contribution in [0.3, 0.4) is 0 Å². The van der Waals surface area contributed by atoms with Gasteiger partial charge in [0.25, 0.3) is 0 Å². The summed E-state index contributed by atoms with van der Waals surface area (Å²) in [5.74, 6) is 0.306. The Morgan fingerprint density at radius 2 is 1.66 bits per heavy atom. The summed E-state index contributed by atoms with van der Waals surface area (Å²) < 4.78 is 16.7. The molecule has 0 bridgehead atoms.